The van der Waals surface area contributed by atoms with Gasteiger partial charge in [-0.15, -0.1) is 0 Å². The van der Waals surface area contributed by atoms with Crippen LogP contribution in [-0.4, -0.2) is 30.5 Å². The molecule has 1 aliphatic carbocycles. The minimum Gasteiger partial charge on any atom is -0.481 e. The molecule has 138 valence electrons. The minimum atomic E-state index is -3.42. The van der Waals surface area contributed by atoms with E-state index in [1.165, 1.54) is 0 Å². The van der Waals surface area contributed by atoms with Gasteiger partial charge >= 0.3 is 5.97 Å². The third-order valence-electron chi connectivity index (χ3n) is 5.22. The predicted molar refractivity (Wildman–Crippen MR) is 103 cm³/mol. The van der Waals surface area contributed by atoms with Crippen molar-refractivity contribution in [3.05, 3.63) is 60.2 Å². The number of hydrogen-bond acceptors (Lipinski definition) is 3. The summed E-state index contributed by atoms with van der Waals surface area (Å²) in [6.07, 6.45) is 2.93. The molecule has 0 amide bonds. The average Bonchev–Trinajstić information content (AvgIpc) is 2.67. The van der Waals surface area contributed by atoms with E-state index in [0.29, 0.717) is 19.3 Å². The summed E-state index contributed by atoms with van der Waals surface area (Å²) in [6.45, 7) is 0. The van der Waals surface area contributed by atoms with Crippen molar-refractivity contribution in [1.82, 2.24) is 0 Å². The maximum atomic E-state index is 12.7. The maximum Gasteiger partial charge on any atom is 0.307 e. The number of carboxylic acids is 1. The maximum absolute atomic E-state index is 12.7. The second-order valence-electron chi connectivity index (χ2n) is 6.95. The molecule has 1 saturated carbocycles. The van der Waals surface area contributed by atoms with E-state index in [2.05, 4.69) is 0 Å². The monoisotopic (exact) mass is 372 g/mol. The van der Waals surface area contributed by atoms with Gasteiger partial charge in [0.15, 0.2) is 9.84 Å². The van der Waals surface area contributed by atoms with Crippen LogP contribution in [0, 0.1) is 5.92 Å². The fourth-order valence-corrected chi connectivity index (χ4v) is 5.82. The van der Waals surface area contributed by atoms with Gasteiger partial charge in [0.2, 0.25) is 0 Å². The number of aryl methyl sites for hydroxylation is 1. The lowest BCUT2D eigenvalue weighted by Gasteiger charge is -2.28. The number of hydrogen-bond donors (Lipinski definition) is 1. The lowest BCUT2D eigenvalue weighted by atomic mass is 9.89. The molecule has 0 aliphatic heterocycles. The summed E-state index contributed by atoms with van der Waals surface area (Å²) in [4.78, 5) is 11.4. The second-order valence-corrected chi connectivity index (χ2v) is 9.29. The highest BCUT2D eigenvalue weighted by Crippen LogP contribution is 2.31. The quantitative estimate of drug-likeness (QED) is 0.833. The summed E-state index contributed by atoms with van der Waals surface area (Å²) in [5.41, 5.74) is 3.17. The van der Waals surface area contributed by atoms with Gasteiger partial charge in [-0.05, 0) is 36.0 Å². The van der Waals surface area contributed by atoms with E-state index >= 15 is 0 Å². The molecular formula is C21H24O4S. The molecule has 0 heterocycles. The van der Waals surface area contributed by atoms with Crippen LogP contribution in [-0.2, 0) is 21.1 Å². The normalized spacial score (nSPS) is 20.6. The van der Waals surface area contributed by atoms with Gasteiger partial charge in [0.1, 0.15) is 0 Å². The number of sulfone groups is 1. The van der Waals surface area contributed by atoms with Crippen LogP contribution >= 0.6 is 0 Å². The molecule has 3 rings (SSSR count). The molecule has 2 aromatic carbocycles. The third kappa shape index (κ3) is 4.33. The van der Waals surface area contributed by atoms with Crippen LogP contribution in [0.1, 0.15) is 31.2 Å². The van der Waals surface area contributed by atoms with Crippen molar-refractivity contribution in [3.8, 4) is 11.1 Å². The first kappa shape index (κ1) is 18.6. The van der Waals surface area contributed by atoms with Crippen molar-refractivity contribution in [2.24, 2.45) is 5.92 Å². The van der Waals surface area contributed by atoms with E-state index in [-0.39, 0.29) is 5.75 Å². The van der Waals surface area contributed by atoms with Crippen LogP contribution in [0.25, 0.3) is 11.1 Å². The first-order valence-electron chi connectivity index (χ1n) is 9.06. The molecule has 2 aromatic rings. The van der Waals surface area contributed by atoms with Crippen LogP contribution < -0.4 is 0 Å². The second kappa shape index (κ2) is 8.04. The van der Waals surface area contributed by atoms with Crippen LogP contribution in [0.5, 0.6) is 0 Å². The van der Waals surface area contributed by atoms with E-state index in [9.17, 15) is 18.3 Å². The largest absolute Gasteiger partial charge is 0.481 e. The van der Waals surface area contributed by atoms with Crippen LogP contribution in [0.15, 0.2) is 54.6 Å². The molecule has 0 radical (unpaired) electrons. The average molecular weight is 372 g/mol. The Morgan fingerprint density at radius 1 is 0.923 bits per heavy atom. The highest BCUT2D eigenvalue weighted by molar-refractivity contribution is 7.92. The first-order valence-corrected chi connectivity index (χ1v) is 10.8. The topological polar surface area (TPSA) is 71.4 Å². The van der Waals surface area contributed by atoms with Crippen molar-refractivity contribution in [2.45, 2.75) is 37.4 Å². The Balaban J connectivity index is 1.67. The highest BCUT2D eigenvalue weighted by Gasteiger charge is 2.39. The van der Waals surface area contributed by atoms with Crippen molar-refractivity contribution in [3.63, 3.8) is 0 Å². The van der Waals surface area contributed by atoms with Crippen LogP contribution in [0.3, 0.4) is 0 Å². The zero-order chi connectivity index (χ0) is 18.6. The summed E-state index contributed by atoms with van der Waals surface area (Å²) in [7, 11) is -3.42. The molecule has 1 aliphatic rings. The summed E-state index contributed by atoms with van der Waals surface area (Å²) < 4.78 is 25.4. The zero-order valence-corrected chi connectivity index (χ0v) is 15.5. The summed E-state index contributed by atoms with van der Waals surface area (Å²) in [6, 6.07) is 17.9. The van der Waals surface area contributed by atoms with Crippen LogP contribution in [0.4, 0.5) is 0 Å². The molecule has 1 fully saturated rings. The third-order valence-corrected chi connectivity index (χ3v) is 7.48. The number of aliphatic carboxylic acids is 1. The molecule has 5 heteroatoms. The number of carboxylic acid groups (broad SMARTS) is 1. The molecule has 0 spiro atoms. The standard InChI is InChI=1S/C21H24O4S/c22-21(23)19-8-4-5-9-20(19)26(24,25)15-14-16-10-12-18(13-11-16)17-6-2-1-3-7-17/h1-3,6-7,10-13,19-20H,4-5,8-9,14-15H2,(H,22,23). The van der Waals surface area contributed by atoms with Gasteiger partial charge in [0.05, 0.1) is 16.9 Å². The highest BCUT2D eigenvalue weighted by atomic mass is 32.2. The lowest BCUT2D eigenvalue weighted by Crippen LogP contribution is -2.39. The predicted octanol–water partition coefficient (Wildman–Crippen LogP) is 3.95. The Hall–Kier alpha value is -2.14. The Kier molecular flexibility index (Phi) is 5.77. The molecule has 0 saturated heterocycles. The summed E-state index contributed by atoms with van der Waals surface area (Å²) in [5, 5.41) is 8.59. The number of benzene rings is 2. The van der Waals surface area contributed by atoms with Crippen molar-refractivity contribution < 1.29 is 18.3 Å². The van der Waals surface area contributed by atoms with E-state index in [0.717, 1.165) is 29.5 Å². The first-order chi connectivity index (χ1) is 12.5. The van der Waals surface area contributed by atoms with E-state index < -0.39 is 27.0 Å². The van der Waals surface area contributed by atoms with E-state index in [1.807, 2.05) is 54.6 Å². The molecule has 0 bridgehead atoms. The summed E-state index contributed by atoms with van der Waals surface area (Å²) >= 11 is 0. The molecule has 0 aromatic heterocycles. The van der Waals surface area contributed by atoms with Crippen LogP contribution in [0.2, 0.25) is 0 Å². The molecule has 1 N–H and O–H groups in total. The molecule has 2 unspecified atom stereocenters. The van der Waals surface area contributed by atoms with E-state index in [4.69, 9.17) is 0 Å². The fourth-order valence-electron chi connectivity index (χ4n) is 3.72. The fraction of sp³-hybridized carbons (Fsp3) is 0.381. The van der Waals surface area contributed by atoms with Crippen molar-refractivity contribution in [2.75, 3.05) is 5.75 Å². The Labute approximate surface area is 154 Å². The lowest BCUT2D eigenvalue weighted by molar-refractivity contribution is -0.142. The minimum absolute atomic E-state index is 0.00608. The molecular weight excluding hydrogens is 348 g/mol. The number of carbonyl (C=O) groups is 1. The smallest absolute Gasteiger partial charge is 0.307 e. The van der Waals surface area contributed by atoms with Gasteiger partial charge in [0.25, 0.3) is 0 Å². The van der Waals surface area contributed by atoms with Gasteiger partial charge in [0, 0.05) is 0 Å². The Morgan fingerprint density at radius 3 is 2.19 bits per heavy atom. The Morgan fingerprint density at radius 2 is 1.54 bits per heavy atom. The molecule has 2 atom stereocenters. The number of rotatable bonds is 6. The molecule has 26 heavy (non-hydrogen) atoms. The van der Waals surface area contributed by atoms with Gasteiger partial charge < -0.3 is 5.11 Å². The Bertz CT molecular complexity index is 841. The van der Waals surface area contributed by atoms with Crippen molar-refractivity contribution >= 4 is 15.8 Å². The molecule has 4 nitrogen and oxygen atoms in total. The van der Waals surface area contributed by atoms with Gasteiger partial charge in [-0.25, -0.2) is 8.42 Å². The van der Waals surface area contributed by atoms with Gasteiger partial charge in [-0.3, -0.25) is 4.79 Å². The summed E-state index contributed by atoms with van der Waals surface area (Å²) in [5.74, 6) is -1.73. The SMILES string of the molecule is O=C(O)C1CCCCC1S(=O)(=O)CCc1ccc(-c2ccccc2)cc1. The van der Waals surface area contributed by atoms with E-state index in [1.54, 1.807) is 0 Å². The van der Waals surface area contributed by atoms with Gasteiger partial charge in [-0.2, -0.15) is 0 Å². The van der Waals surface area contributed by atoms with Crippen molar-refractivity contribution in [1.29, 1.82) is 0 Å². The zero-order valence-electron chi connectivity index (χ0n) is 14.7. The van der Waals surface area contributed by atoms with Gasteiger partial charge in [-0.1, -0.05) is 67.4 Å².